The number of ketones is 1. The highest BCUT2D eigenvalue weighted by atomic mass is 32.1. The van der Waals surface area contributed by atoms with Gasteiger partial charge in [-0.2, -0.15) is 0 Å². The Hall–Kier alpha value is -1.20. The van der Waals surface area contributed by atoms with Crippen LogP contribution in [-0.4, -0.2) is 42.3 Å². The predicted molar refractivity (Wildman–Crippen MR) is 90.3 cm³/mol. The minimum absolute atomic E-state index is 0.00780. The maximum Gasteiger partial charge on any atom is 0.220 e. The molecule has 1 aromatic heterocycles. The molecular weight excluding hydrogens is 296 g/mol. The third kappa shape index (κ3) is 5.21. The SMILES string of the molecule is CC(C)N1CCC[C@H](CNC(=O)CCC(=O)c2cccs2)C1. The van der Waals surface area contributed by atoms with E-state index in [1.165, 1.54) is 24.2 Å². The summed E-state index contributed by atoms with van der Waals surface area (Å²) in [6.45, 7) is 7.40. The van der Waals surface area contributed by atoms with Crippen LogP contribution < -0.4 is 5.32 Å². The van der Waals surface area contributed by atoms with Crippen molar-refractivity contribution in [3.8, 4) is 0 Å². The van der Waals surface area contributed by atoms with Crippen LogP contribution in [0.3, 0.4) is 0 Å². The van der Waals surface area contributed by atoms with Crippen LogP contribution in [0, 0.1) is 5.92 Å². The fourth-order valence-corrected chi connectivity index (χ4v) is 3.56. The van der Waals surface area contributed by atoms with Gasteiger partial charge in [-0.1, -0.05) is 6.07 Å². The number of amides is 1. The summed E-state index contributed by atoms with van der Waals surface area (Å²) in [5.74, 6) is 0.591. The number of rotatable bonds is 7. The molecule has 1 aliphatic heterocycles. The Labute approximate surface area is 136 Å². The van der Waals surface area contributed by atoms with Crippen molar-refractivity contribution in [1.29, 1.82) is 0 Å². The zero-order valence-electron chi connectivity index (χ0n) is 13.5. The monoisotopic (exact) mass is 322 g/mol. The molecule has 0 aliphatic carbocycles. The molecular formula is C17H26N2O2S. The van der Waals surface area contributed by atoms with E-state index in [1.54, 1.807) is 0 Å². The van der Waals surface area contributed by atoms with Crippen molar-refractivity contribution in [2.24, 2.45) is 5.92 Å². The topological polar surface area (TPSA) is 49.4 Å². The molecule has 0 saturated carbocycles. The van der Waals surface area contributed by atoms with Crippen molar-refractivity contribution in [1.82, 2.24) is 10.2 Å². The van der Waals surface area contributed by atoms with E-state index in [9.17, 15) is 9.59 Å². The first kappa shape index (κ1) is 17.2. The third-order valence-electron chi connectivity index (χ3n) is 4.24. The van der Waals surface area contributed by atoms with Gasteiger partial charge in [-0.3, -0.25) is 9.59 Å². The van der Waals surface area contributed by atoms with E-state index in [0.717, 1.165) is 24.5 Å². The molecule has 2 rings (SSSR count). The Morgan fingerprint density at radius 1 is 1.41 bits per heavy atom. The van der Waals surface area contributed by atoms with Crippen LogP contribution in [0.15, 0.2) is 17.5 Å². The van der Waals surface area contributed by atoms with E-state index in [-0.39, 0.29) is 18.1 Å². The van der Waals surface area contributed by atoms with Gasteiger partial charge in [0.15, 0.2) is 5.78 Å². The van der Waals surface area contributed by atoms with Crippen molar-refractivity contribution in [2.75, 3.05) is 19.6 Å². The average Bonchev–Trinajstić information content (AvgIpc) is 3.05. The summed E-state index contributed by atoms with van der Waals surface area (Å²) in [4.78, 5) is 27.0. The summed E-state index contributed by atoms with van der Waals surface area (Å²) in [6, 6.07) is 4.25. The van der Waals surface area contributed by atoms with Crippen LogP contribution >= 0.6 is 11.3 Å². The molecule has 1 aromatic rings. The molecule has 22 heavy (non-hydrogen) atoms. The molecule has 1 N–H and O–H groups in total. The lowest BCUT2D eigenvalue weighted by molar-refractivity contribution is -0.121. The fourth-order valence-electron chi connectivity index (χ4n) is 2.87. The van der Waals surface area contributed by atoms with Gasteiger partial charge in [0.05, 0.1) is 4.88 Å². The highest BCUT2D eigenvalue weighted by molar-refractivity contribution is 7.12. The van der Waals surface area contributed by atoms with Crippen LogP contribution in [-0.2, 0) is 4.79 Å². The number of carbonyl (C=O) groups is 2. The number of carbonyl (C=O) groups excluding carboxylic acids is 2. The third-order valence-corrected chi connectivity index (χ3v) is 5.15. The van der Waals surface area contributed by atoms with E-state index in [2.05, 4.69) is 24.1 Å². The Morgan fingerprint density at radius 2 is 2.23 bits per heavy atom. The number of nitrogens with zero attached hydrogens (tertiary/aromatic N) is 1. The molecule has 5 heteroatoms. The molecule has 0 spiro atoms. The highest BCUT2D eigenvalue weighted by Crippen LogP contribution is 2.18. The normalized spacial score (nSPS) is 19.3. The van der Waals surface area contributed by atoms with Gasteiger partial charge in [0.1, 0.15) is 0 Å². The molecule has 0 unspecified atom stereocenters. The summed E-state index contributed by atoms with van der Waals surface area (Å²) in [7, 11) is 0. The highest BCUT2D eigenvalue weighted by Gasteiger charge is 2.22. The fraction of sp³-hybridized carbons (Fsp3) is 0.647. The first-order valence-corrected chi connectivity index (χ1v) is 9.01. The largest absolute Gasteiger partial charge is 0.356 e. The first-order chi connectivity index (χ1) is 10.6. The standard InChI is InChI=1S/C17H26N2O2S/c1-13(2)19-9-3-5-14(12-19)11-18-17(21)8-7-15(20)16-6-4-10-22-16/h4,6,10,13-14H,3,5,7-9,11-12H2,1-2H3,(H,18,21)/t14-/m1/s1. The van der Waals surface area contributed by atoms with Gasteiger partial charge in [-0.05, 0) is 50.6 Å². The van der Waals surface area contributed by atoms with Crippen LogP contribution in [0.1, 0.15) is 49.2 Å². The molecule has 4 nitrogen and oxygen atoms in total. The number of thiophene rings is 1. The van der Waals surface area contributed by atoms with Crippen LogP contribution in [0.4, 0.5) is 0 Å². The number of hydrogen-bond acceptors (Lipinski definition) is 4. The number of Topliss-reactive ketones (excluding diaryl/α,β-unsaturated/α-hetero) is 1. The van der Waals surface area contributed by atoms with Crippen LogP contribution in [0.5, 0.6) is 0 Å². The van der Waals surface area contributed by atoms with Gasteiger partial charge < -0.3 is 10.2 Å². The molecule has 0 radical (unpaired) electrons. The van der Waals surface area contributed by atoms with Gasteiger partial charge in [0.2, 0.25) is 5.91 Å². The second kappa shape index (κ2) is 8.44. The molecule has 0 bridgehead atoms. The summed E-state index contributed by atoms with van der Waals surface area (Å²) in [6.07, 6.45) is 2.97. The Kier molecular flexibility index (Phi) is 6.58. The van der Waals surface area contributed by atoms with E-state index >= 15 is 0 Å². The smallest absolute Gasteiger partial charge is 0.220 e. The molecule has 0 aromatic carbocycles. The minimum atomic E-state index is -0.00780. The van der Waals surface area contributed by atoms with Gasteiger partial charge in [0.25, 0.3) is 0 Å². The Bertz CT molecular complexity index is 485. The van der Waals surface area contributed by atoms with Crippen molar-refractivity contribution in [2.45, 2.75) is 45.6 Å². The van der Waals surface area contributed by atoms with E-state index < -0.39 is 0 Å². The molecule has 2 heterocycles. The molecule has 1 saturated heterocycles. The van der Waals surface area contributed by atoms with Crippen molar-refractivity contribution in [3.63, 3.8) is 0 Å². The molecule has 1 fully saturated rings. The number of piperidine rings is 1. The lowest BCUT2D eigenvalue weighted by Gasteiger charge is -2.35. The number of hydrogen-bond donors (Lipinski definition) is 1. The quantitative estimate of drug-likeness (QED) is 0.785. The van der Waals surface area contributed by atoms with Crippen molar-refractivity contribution >= 4 is 23.0 Å². The second-order valence-electron chi connectivity index (χ2n) is 6.30. The summed E-state index contributed by atoms with van der Waals surface area (Å²) in [5.41, 5.74) is 0. The zero-order valence-corrected chi connectivity index (χ0v) is 14.3. The van der Waals surface area contributed by atoms with E-state index in [1.807, 2.05) is 17.5 Å². The van der Waals surface area contributed by atoms with E-state index in [4.69, 9.17) is 0 Å². The maximum atomic E-state index is 11.9. The van der Waals surface area contributed by atoms with Gasteiger partial charge in [-0.15, -0.1) is 11.3 Å². The Balaban J connectivity index is 1.66. The van der Waals surface area contributed by atoms with Gasteiger partial charge in [0, 0.05) is 32.0 Å². The van der Waals surface area contributed by atoms with E-state index in [0.29, 0.717) is 18.4 Å². The van der Waals surface area contributed by atoms with Crippen molar-refractivity contribution in [3.05, 3.63) is 22.4 Å². The molecule has 1 aliphatic rings. The average molecular weight is 322 g/mol. The summed E-state index contributed by atoms with van der Waals surface area (Å²) in [5, 5.41) is 4.88. The zero-order chi connectivity index (χ0) is 15.9. The van der Waals surface area contributed by atoms with Crippen LogP contribution in [0.25, 0.3) is 0 Å². The summed E-state index contributed by atoms with van der Waals surface area (Å²) >= 11 is 1.43. The number of likely N-dealkylation sites (tertiary alicyclic amines) is 1. The lowest BCUT2D eigenvalue weighted by Crippen LogP contribution is -2.43. The lowest BCUT2D eigenvalue weighted by atomic mass is 9.97. The van der Waals surface area contributed by atoms with Crippen molar-refractivity contribution < 1.29 is 9.59 Å². The maximum absolute atomic E-state index is 11.9. The first-order valence-electron chi connectivity index (χ1n) is 8.13. The summed E-state index contributed by atoms with van der Waals surface area (Å²) < 4.78 is 0. The molecule has 122 valence electrons. The molecule has 1 atom stereocenters. The Morgan fingerprint density at radius 3 is 2.91 bits per heavy atom. The number of nitrogens with one attached hydrogen (secondary N) is 1. The van der Waals surface area contributed by atoms with Gasteiger partial charge >= 0.3 is 0 Å². The second-order valence-corrected chi connectivity index (χ2v) is 7.25. The molecule has 1 amide bonds. The van der Waals surface area contributed by atoms with Gasteiger partial charge in [-0.25, -0.2) is 0 Å². The van der Waals surface area contributed by atoms with Crippen LogP contribution in [0.2, 0.25) is 0 Å². The predicted octanol–water partition coefficient (Wildman–Crippen LogP) is 2.95. The minimum Gasteiger partial charge on any atom is -0.356 e.